The van der Waals surface area contributed by atoms with Gasteiger partial charge in [0.15, 0.2) is 24.8 Å². The van der Waals surface area contributed by atoms with Crippen molar-refractivity contribution in [1.29, 1.82) is 0 Å². The Balaban J connectivity index is 0.000000946. The molecule has 42 heavy (non-hydrogen) atoms. The van der Waals surface area contributed by atoms with Crippen LogP contribution >= 0.6 is 23.7 Å². The van der Waals surface area contributed by atoms with E-state index < -0.39 is 0 Å². The monoisotopic (exact) mass is 618 g/mol. The van der Waals surface area contributed by atoms with Crippen molar-refractivity contribution in [1.82, 2.24) is 0 Å². The summed E-state index contributed by atoms with van der Waals surface area (Å²) in [4.78, 5) is 0. The molecule has 4 rings (SSSR count). The molecule has 8 nitrogen and oxygen atoms in total. The Labute approximate surface area is 259 Å². The molecule has 0 aliphatic rings. The Kier molecular flexibility index (Phi) is 17.9. The summed E-state index contributed by atoms with van der Waals surface area (Å²) < 4.78 is 33.6. The molecular formula is C32H40Cl2N2O6+2. The highest BCUT2D eigenvalue weighted by Crippen LogP contribution is 2.18. The fraction of sp³-hybridized carbons (Fsp3) is 0.312. The molecular weight excluding hydrogens is 579 g/mol. The molecule has 0 atom stereocenters. The molecule has 4 aromatic rings. The van der Waals surface area contributed by atoms with Gasteiger partial charge in [0.2, 0.25) is 11.4 Å². The molecule has 0 fully saturated rings. The lowest BCUT2D eigenvalue weighted by Gasteiger charge is -2.06. The number of hydrogen-bond donors (Lipinski definition) is 0. The second-order valence-electron chi connectivity index (χ2n) is 8.38. The van der Waals surface area contributed by atoms with Gasteiger partial charge in [0.1, 0.15) is 24.7 Å². The molecule has 0 N–H and O–H groups in total. The van der Waals surface area contributed by atoms with Gasteiger partial charge in [0.05, 0.1) is 51.2 Å². The highest BCUT2D eigenvalue weighted by Gasteiger charge is 2.10. The predicted octanol–water partition coefficient (Wildman–Crippen LogP) is 6.31. The van der Waals surface area contributed by atoms with Gasteiger partial charge in [0.25, 0.3) is 0 Å². The van der Waals surface area contributed by atoms with Crippen LogP contribution in [-0.4, -0.2) is 53.9 Å². The molecule has 0 spiro atoms. The van der Waals surface area contributed by atoms with Gasteiger partial charge in [-0.25, -0.2) is 0 Å². The van der Waals surface area contributed by atoms with E-state index in [2.05, 4.69) is 115 Å². The summed E-state index contributed by atoms with van der Waals surface area (Å²) in [7, 11) is 2.78. The molecule has 0 aliphatic heterocycles. The Morgan fingerprint density at radius 3 is 1.10 bits per heavy atom. The minimum absolute atomic E-state index is 0.556. The SMILES string of the molecule is CCOCCOc1ccc(-[n+]2ccc(-c3cc[n+](-c4ccc(OCCOCC)cc4)cc3)cc2)cc1.COCl.COCl. The van der Waals surface area contributed by atoms with E-state index >= 15 is 0 Å². The maximum Gasteiger partial charge on any atom is 0.210 e. The molecule has 0 amide bonds. The molecule has 10 heteroatoms. The summed E-state index contributed by atoms with van der Waals surface area (Å²) >= 11 is 9.00. The summed E-state index contributed by atoms with van der Waals surface area (Å²) in [6.45, 7) is 7.69. The maximum absolute atomic E-state index is 5.70. The summed E-state index contributed by atoms with van der Waals surface area (Å²) in [5, 5.41) is 0. The van der Waals surface area contributed by atoms with Crippen molar-refractivity contribution >= 4 is 23.7 Å². The highest BCUT2D eigenvalue weighted by molar-refractivity contribution is 6.07. The van der Waals surface area contributed by atoms with Crippen LogP contribution in [0.15, 0.2) is 97.6 Å². The van der Waals surface area contributed by atoms with E-state index in [-0.39, 0.29) is 0 Å². The maximum atomic E-state index is 5.70. The normalized spacial score (nSPS) is 10.1. The van der Waals surface area contributed by atoms with E-state index in [1.165, 1.54) is 14.2 Å². The smallest absolute Gasteiger partial charge is 0.210 e. The molecule has 2 aromatic carbocycles. The van der Waals surface area contributed by atoms with E-state index in [0.717, 1.165) is 34.0 Å². The number of rotatable bonds is 13. The largest absolute Gasteiger partial charge is 0.491 e. The van der Waals surface area contributed by atoms with Crippen molar-refractivity contribution in [3.8, 4) is 34.0 Å². The van der Waals surface area contributed by atoms with E-state index in [9.17, 15) is 0 Å². The first-order valence-corrected chi connectivity index (χ1v) is 14.2. The molecule has 0 saturated heterocycles. The number of nitrogens with zero attached hydrogens (tertiary/aromatic N) is 2. The van der Waals surface area contributed by atoms with Crippen LogP contribution in [0.1, 0.15) is 13.8 Å². The van der Waals surface area contributed by atoms with Gasteiger partial charge in [0, 0.05) is 61.7 Å². The average molecular weight is 620 g/mol. The molecule has 0 saturated carbocycles. The first kappa shape index (κ1) is 35.0. The Hall–Kier alpha value is -3.24. The summed E-state index contributed by atoms with van der Waals surface area (Å²) in [5.41, 5.74) is 4.48. The molecule has 226 valence electrons. The molecule has 2 heterocycles. The Bertz CT molecular complexity index is 1130. The topological polar surface area (TPSA) is 63.1 Å². The summed E-state index contributed by atoms with van der Waals surface area (Å²) in [6.07, 6.45) is 8.30. The van der Waals surface area contributed by atoms with Gasteiger partial charge >= 0.3 is 0 Å². The van der Waals surface area contributed by atoms with Crippen molar-refractivity contribution in [2.75, 3.05) is 53.9 Å². The lowest BCUT2D eigenvalue weighted by molar-refractivity contribution is -0.596. The predicted molar refractivity (Wildman–Crippen MR) is 165 cm³/mol. The van der Waals surface area contributed by atoms with E-state index in [0.29, 0.717) is 39.6 Å². The van der Waals surface area contributed by atoms with E-state index in [4.69, 9.17) is 18.9 Å². The second kappa shape index (κ2) is 21.5. The zero-order valence-electron chi connectivity index (χ0n) is 24.6. The third kappa shape index (κ3) is 12.7. The van der Waals surface area contributed by atoms with Crippen molar-refractivity contribution in [3.05, 3.63) is 97.6 Å². The minimum Gasteiger partial charge on any atom is -0.491 e. The van der Waals surface area contributed by atoms with Gasteiger partial charge in [-0.3, -0.25) is 8.58 Å². The molecule has 0 unspecified atom stereocenters. The molecule has 0 aliphatic carbocycles. The van der Waals surface area contributed by atoms with E-state index in [1.54, 1.807) is 0 Å². The summed E-state index contributed by atoms with van der Waals surface area (Å²) in [6, 6.07) is 24.6. The van der Waals surface area contributed by atoms with Crippen molar-refractivity contribution in [2.45, 2.75) is 13.8 Å². The lowest BCUT2D eigenvalue weighted by Crippen LogP contribution is -2.29. The van der Waals surface area contributed by atoms with Gasteiger partial charge in [-0.2, -0.15) is 9.13 Å². The fourth-order valence-electron chi connectivity index (χ4n) is 3.74. The second-order valence-corrected chi connectivity index (χ2v) is 8.99. The van der Waals surface area contributed by atoms with Crippen molar-refractivity contribution in [3.63, 3.8) is 0 Å². The first-order chi connectivity index (χ1) is 20.6. The fourth-order valence-corrected chi connectivity index (χ4v) is 3.74. The molecule has 2 aromatic heterocycles. The van der Waals surface area contributed by atoms with Crippen LogP contribution in [0.4, 0.5) is 0 Å². The Morgan fingerprint density at radius 1 is 0.500 bits per heavy atom. The Morgan fingerprint density at radius 2 is 0.810 bits per heavy atom. The van der Waals surface area contributed by atoms with Crippen LogP contribution in [0.3, 0.4) is 0 Å². The van der Waals surface area contributed by atoms with E-state index in [1.807, 2.05) is 38.1 Å². The summed E-state index contributed by atoms with van der Waals surface area (Å²) in [5.74, 6) is 1.69. The highest BCUT2D eigenvalue weighted by atomic mass is 35.5. The van der Waals surface area contributed by atoms with Crippen molar-refractivity contribution < 1.29 is 36.7 Å². The third-order valence-electron chi connectivity index (χ3n) is 5.66. The standard InChI is InChI=1S/C30H34N2O4.2CH3ClO/c1-3-33-21-23-35-29-9-5-27(6-10-29)31-17-13-25(14-18-31)26-15-19-32(20-16-26)28-7-11-30(12-8-28)36-24-22-34-4-2;2*1-3-2/h5-20H,3-4,21-24H2,1-2H3;2*1H3/q+2;;. The lowest BCUT2D eigenvalue weighted by atomic mass is 10.1. The number of hydrogen-bond acceptors (Lipinski definition) is 6. The van der Waals surface area contributed by atoms with Crippen LogP contribution in [0.25, 0.3) is 22.5 Å². The van der Waals surface area contributed by atoms with Crippen LogP contribution in [0.5, 0.6) is 11.5 Å². The van der Waals surface area contributed by atoms with Gasteiger partial charge in [-0.05, 0) is 49.2 Å². The van der Waals surface area contributed by atoms with Gasteiger partial charge < -0.3 is 18.9 Å². The quantitative estimate of drug-likeness (QED) is 0.129. The zero-order chi connectivity index (χ0) is 30.4. The molecule has 0 bridgehead atoms. The zero-order valence-corrected chi connectivity index (χ0v) is 26.1. The number of halogens is 2. The van der Waals surface area contributed by atoms with Gasteiger partial charge in [-0.15, -0.1) is 0 Å². The third-order valence-corrected chi connectivity index (χ3v) is 5.66. The van der Waals surface area contributed by atoms with Crippen LogP contribution in [-0.2, 0) is 18.1 Å². The van der Waals surface area contributed by atoms with Crippen LogP contribution in [0.2, 0.25) is 0 Å². The van der Waals surface area contributed by atoms with Gasteiger partial charge in [-0.1, -0.05) is 0 Å². The minimum atomic E-state index is 0.556. The average Bonchev–Trinajstić information content (AvgIpc) is 3.03. The molecule has 0 radical (unpaired) electrons. The van der Waals surface area contributed by atoms with Crippen LogP contribution in [0, 0.1) is 0 Å². The first-order valence-electron chi connectivity index (χ1n) is 13.5. The van der Waals surface area contributed by atoms with Crippen LogP contribution < -0.4 is 18.6 Å². The number of aromatic nitrogens is 2. The number of benzene rings is 2. The van der Waals surface area contributed by atoms with Crippen molar-refractivity contribution in [2.24, 2.45) is 0 Å². The number of pyridine rings is 2. The number of ether oxygens (including phenoxy) is 4.